The number of alkyl halides is 3. The number of ether oxygens (including phenoxy) is 1. The number of hydrogen-bond donors (Lipinski definition) is 0. The van der Waals surface area contributed by atoms with E-state index in [2.05, 4.69) is 35.6 Å². The first-order valence-electron chi connectivity index (χ1n) is 10.5. The van der Waals surface area contributed by atoms with Crippen molar-refractivity contribution in [3.05, 3.63) is 101 Å². The minimum Gasteiger partial charge on any atom is -0.406 e. The summed E-state index contributed by atoms with van der Waals surface area (Å²) in [5.74, 6) is 5.46. The lowest BCUT2D eigenvalue weighted by Crippen LogP contribution is -2.16. The van der Waals surface area contributed by atoms with Gasteiger partial charge in [-0.15, -0.1) is 13.2 Å². The topological polar surface area (TPSA) is 9.23 Å². The van der Waals surface area contributed by atoms with E-state index in [-0.39, 0.29) is 5.75 Å². The highest BCUT2D eigenvalue weighted by atomic mass is 19.4. The first-order chi connectivity index (χ1) is 15.8. The average Bonchev–Trinajstić information content (AvgIpc) is 2.79. The summed E-state index contributed by atoms with van der Waals surface area (Å²) in [6, 6.07) is 21.9. The van der Waals surface area contributed by atoms with E-state index >= 15 is 4.39 Å². The Morgan fingerprint density at radius 3 is 2.12 bits per heavy atom. The standard InChI is InChI=1S/C28H20F4O/c1-2-3-19-4-6-20(7-5-19)8-9-21-10-16-26-23(18-21)13-17-25(27(26)29)22-11-14-24(15-12-22)33-28(30,31)32/h4-7,10-18H,2-3H2,1H3. The number of halogens is 4. The Labute approximate surface area is 189 Å². The van der Waals surface area contributed by atoms with Crippen LogP contribution in [0.4, 0.5) is 17.6 Å². The van der Waals surface area contributed by atoms with Gasteiger partial charge in [0.2, 0.25) is 0 Å². The van der Waals surface area contributed by atoms with Crippen LogP contribution in [0.15, 0.2) is 78.9 Å². The molecule has 4 aromatic rings. The molecule has 0 saturated heterocycles. The van der Waals surface area contributed by atoms with Gasteiger partial charge >= 0.3 is 6.36 Å². The third-order valence-corrected chi connectivity index (χ3v) is 5.20. The maximum absolute atomic E-state index is 15.2. The minimum atomic E-state index is -4.77. The minimum absolute atomic E-state index is 0.298. The van der Waals surface area contributed by atoms with Crippen LogP contribution in [0.1, 0.15) is 30.0 Å². The highest BCUT2D eigenvalue weighted by molar-refractivity contribution is 5.89. The van der Waals surface area contributed by atoms with Gasteiger partial charge in [0.1, 0.15) is 11.6 Å². The Morgan fingerprint density at radius 1 is 0.788 bits per heavy atom. The maximum Gasteiger partial charge on any atom is 0.573 e. The van der Waals surface area contributed by atoms with Crippen LogP contribution in [0.3, 0.4) is 0 Å². The van der Waals surface area contributed by atoms with Crippen molar-refractivity contribution in [2.24, 2.45) is 0 Å². The summed E-state index contributed by atoms with van der Waals surface area (Å²) < 4.78 is 56.1. The zero-order valence-corrected chi connectivity index (χ0v) is 17.8. The molecule has 0 unspecified atom stereocenters. The predicted octanol–water partition coefficient (Wildman–Crippen LogP) is 7.90. The van der Waals surface area contributed by atoms with Crippen LogP contribution in [0.25, 0.3) is 21.9 Å². The van der Waals surface area contributed by atoms with E-state index < -0.39 is 12.2 Å². The zero-order valence-electron chi connectivity index (χ0n) is 17.8. The van der Waals surface area contributed by atoms with E-state index in [1.807, 2.05) is 18.2 Å². The van der Waals surface area contributed by atoms with E-state index in [0.29, 0.717) is 21.9 Å². The summed E-state index contributed by atoms with van der Waals surface area (Å²) in [4.78, 5) is 0. The van der Waals surface area contributed by atoms with Crippen LogP contribution >= 0.6 is 0 Å². The molecule has 0 radical (unpaired) electrons. The summed E-state index contributed by atoms with van der Waals surface area (Å²) in [7, 11) is 0. The fourth-order valence-corrected chi connectivity index (χ4v) is 3.62. The molecule has 0 N–H and O–H groups in total. The van der Waals surface area contributed by atoms with Gasteiger partial charge in [0.25, 0.3) is 0 Å². The predicted molar refractivity (Wildman–Crippen MR) is 122 cm³/mol. The highest BCUT2D eigenvalue weighted by Gasteiger charge is 2.31. The normalized spacial score (nSPS) is 11.2. The summed E-state index contributed by atoms with van der Waals surface area (Å²) in [6.45, 7) is 2.14. The Bertz CT molecular complexity index is 1330. The lowest BCUT2D eigenvalue weighted by Gasteiger charge is -2.10. The molecule has 4 aromatic carbocycles. The molecule has 0 bridgehead atoms. The van der Waals surface area contributed by atoms with Crippen molar-refractivity contribution in [3.8, 4) is 28.7 Å². The molecule has 0 heterocycles. The van der Waals surface area contributed by atoms with E-state index in [9.17, 15) is 13.2 Å². The number of hydrogen-bond acceptors (Lipinski definition) is 1. The van der Waals surface area contributed by atoms with Crippen LogP contribution < -0.4 is 4.74 Å². The van der Waals surface area contributed by atoms with Gasteiger partial charge < -0.3 is 4.74 Å². The Hall–Kier alpha value is -3.78. The van der Waals surface area contributed by atoms with Crippen molar-refractivity contribution in [2.45, 2.75) is 26.1 Å². The summed E-state index contributed by atoms with van der Waals surface area (Å²) in [6.07, 6.45) is -2.63. The Morgan fingerprint density at radius 2 is 1.45 bits per heavy atom. The molecule has 0 atom stereocenters. The largest absolute Gasteiger partial charge is 0.573 e. The SMILES string of the molecule is CCCc1ccc(C#Cc2ccc3c(F)c(-c4ccc(OC(F)(F)F)cc4)ccc3c2)cc1. The summed E-state index contributed by atoms with van der Waals surface area (Å²) in [5, 5.41) is 1.11. The van der Waals surface area contributed by atoms with E-state index in [1.54, 1.807) is 24.3 Å². The van der Waals surface area contributed by atoms with Gasteiger partial charge in [0, 0.05) is 22.1 Å². The molecule has 0 spiro atoms. The van der Waals surface area contributed by atoms with Crippen molar-refractivity contribution in [2.75, 3.05) is 0 Å². The molecule has 1 nitrogen and oxygen atoms in total. The lowest BCUT2D eigenvalue weighted by molar-refractivity contribution is -0.274. The lowest BCUT2D eigenvalue weighted by atomic mass is 9.99. The number of rotatable bonds is 4. The monoisotopic (exact) mass is 448 g/mol. The van der Waals surface area contributed by atoms with Crippen molar-refractivity contribution >= 4 is 10.8 Å². The second-order valence-electron chi connectivity index (χ2n) is 7.63. The molecule has 0 aromatic heterocycles. The maximum atomic E-state index is 15.2. The van der Waals surface area contributed by atoms with E-state index in [0.717, 1.165) is 24.0 Å². The summed E-state index contributed by atoms with van der Waals surface area (Å²) in [5.41, 5.74) is 3.71. The molecular weight excluding hydrogens is 428 g/mol. The highest BCUT2D eigenvalue weighted by Crippen LogP contribution is 2.31. The van der Waals surface area contributed by atoms with Gasteiger partial charge in [0.05, 0.1) is 0 Å². The van der Waals surface area contributed by atoms with Gasteiger partial charge in [-0.1, -0.05) is 67.6 Å². The van der Waals surface area contributed by atoms with E-state index in [4.69, 9.17) is 0 Å². The molecule has 0 aliphatic heterocycles. The van der Waals surface area contributed by atoms with Crippen LogP contribution in [0, 0.1) is 17.7 Å². The van der Waals surface area contributed by atoms with Crippen molar-refractivity contribution in [1.82, 2.24) is 0 Å². The molecule has 5 heteroatoms. The molecule has 0 amide bonds. The number of fused-ring (bicyclic) bond motifs is 1. The number of aryl methyl sites for hydroxylation is 1. The van der Waals surface area contributed by atoms with Crippen molar-refractivity contribution in [1.29, 1.82) is 0 Å². The second-order valence-corrected chi connectivity index (χ2v) is 7.63. The first-order valence-corrected chi connectivity index (χ1v) is 10.5. The molecule has 0 aliphatic carbocycles. The third-order valence-electron chi connectivity index (χ3n) is 5.20. The van der Waals surface area contributed by atoms with Gasteiger partial charge in [-0.25, -0.2) is 4.39 Å². The quantitative estimate of drug-likeness (QED) is 0.228. The van der Waals surface area contributed by atoms with Crippen molar-refractivity contribution in [3.63, 3.8) is 0 Å². The van der Waals surface area contributed by atoms with Gasteiger partial charge in [-0.2, -0.15) is 0 Å². The Balaban J connectivity index is 1.58. The van der Waals surface area contributed by atoms with Gasteiger partial charge in [-0.05, 0) is 59.3 Å². The Kier molecular flexibility index (Phi) is 6.37. The first kappa shape index (κ1) is 22.4. The fraction of sp³-hybridized carbons (Fsp3) is 0.143. The fourth-order valence-electron chi connectivity index (χ4n) is 3.62. The molecule has 0 aliphatic rings. The van der Waals surface area contributed by atoms with Crippen LogP contribution in [-0.4, -0.2) is 6.36 Å². The second kappa shape index (κ2) is 9.38. The molecule has 0 fully saturated rings. The molecule has 0 saturated carbocycles. The molecule has 4 rings (SSSR count). The number of benzene rings is 4. The molecule has 33 heavy (non-hydrogen) atoms. The average molecular weight is 448 g/mol. The smallest absolute Gasteiger partial charge is 0.406 e. The van der Waals surface area contributed by atoms with Gasteiger partial charge in [-0.3, -0.25) is 0 Å². The van der Waals surface area contributed by atoms with Crippen LogP contribution in [0.2, 0.25) is 0 Å². The van der Waals surface area contributed by atoms with E-state index in [1.165, 1.54) is 29.8 Å². The molecule has 166 valence electrons. The van der Waals surface area contributed by atoms with Gasteiger partial charge in [0.15, 0.2) is 0 Å². The summed E-state index contributed by atoms with van der Waals surface area (Å²) >= 11 is 0. The van der Waals surface area contributed by atoms with Crippen molar-refractivity contribution < 1.29 is 22.3 Å². The molecular formula is C28H20F4O. The third kappa shape index (κ3) is 5.53. The van der Waals surface area contributed by atoms with Crippen LogP contribution in [0.5, 0.6) is 5.75 Å². The zero-order chi connectivity index (χ0) is 23.4. The van der Waals surface area contributed by atoms with Crippen LogP contribution in [-0.2, 0) is 6.42 Å².